The summed E-state index contributed by atoms with van der Waals surface area (Å²) in [4.78, 5) is 25.6. The lowest BCUT2D eigenvalue weighted by Crippen LogP contribution is -2.40. The zero-order valence-corrected chi connectivity index (χ0v) is 13.4. The average Bonchev–Trinajstić information content (AvgIpc) is 2.62. The molecule has 3 rings (SSSR count). The van der Waals surface area contributed by atoms with Crippen molar-refractivity contribution < 1.29 is 14.3 Å². The minimum absolute atomic E-state index is 0.0233. The number of carbonyl (C=O) groups excluding carboxylic acids is 2. The summed E-state index contributed by atoms with van der Waals surface area (Å²) in [6.45, 7) is 2.39. The Kier molecular flexibility index (Phi) is 4.91. The van der Waals surface area contributed by atoms with Crippen molar-refractivity contribution >= 4 is 11.8 Å². The Balaban J connectivity index is 1.88. The van der Waals surface area contributed by atoms with Gasteiger partial charge >= 0.3 is 0 Å². The Hall–Kier alpha value is -2.66. The van der Waals surface area contributed by atoms with Crippen molar-refractivity contribution in [3.8, 4) is 11.1 Å². The van der Waals surface area contributed by atoms with Crippen LogP contribution in [0.4, 0.5) is 0 Å². The Morgan fingerprint density at radius 1 is 1.00 bits per heavy atom. The van der Waals surface area contributed by atoms with Crippen molar-refractivity contribution in [2.45, 2.75) is 6.42 Å². The minimum Gasteiger partial charge on any atom is -0.378 e. The van der Waals surface area contributed by atoms with Crippen LogP contribution in [0.2, 0.25) is 0 Å². The molecule has 0 bridgehead atoms. The highest BCUT2D eigenvalue weighted by Gasteiger charge is 2.21. The molecule has 124 valence electrons. The van der Waals surface area contributed by atoms with Gasteiger partial charge in [0.2, 0.25) is 5.91 Å². The molecule has 2 aromatic rings. The number of primary amides is 1. The minimum atomic E-state index is -0.356. The molecule has 0 unspecified atom stereocenters. The van der Waals surface area contributed by atoms with Crippen LogP contribution in [0.15, 0.2) is 48.5 Å². The molecule has 0 radical (unpaired) electrons. The van der Waals surface area contributed by atoms with Crippen LogP contribution in [0.1, 0.15) is 15.9 Å². The first-order valence-electron chi connectivity index (χ1n) is 7.99. The maximum absolute atomic E-state index is 12.8. The molecule has 1 heterocycles. The Bertz CT molecular complexity index is 735. The molecule has 0 aromatic heterocycles. The van der Waals surface area contributed by atoms with Gasteiger partial charge in [-0.1, -0.05) is 42.5 Å². The van der Waals surface area contributed by atoms with Gasteiger partial charge in [-0.05, 0) is 22.8 Å². The van der Waals surface area contributed by atoms with E-state index in [2.05, 4.69) is 0 Å². The Morgan fingerprint density at radius 3 is 2.33 bits per heavy atom. The molecule has 1 saturated heterocycles. The third-order valence-electron chi connectivity index (χ3n) is 4.10. The maximum Gasteiger partial charge on any atom is 0.254 e. The molecular weight excluding hydrogens is 304 g/mol. The molecule has 24 heavy (non-hydrogen) atoms. The first-order valence-corrected chi connectivity index (χ1v) is 7.99. The first-order chi connectivity index (χ1) is 11.6. The molecule has 0 spiro atoms. The fourth-order valence-corrected chi connectivity index (χ4v) is 2.86. The normalized spacial score (nSPS) is 14.4. The highest BCUT2D eigenvalue weighted by Crippen LogP contribution is 2.25. The molecule has 2 N–H and O–H groups in total. The number of nitrogens with zero attached hydrogens (tertiary/aromatic N) is 1. The molecule has 2 amide bonds. The van der Waals surface area contributed by atoms with E-state index >= 15 is 0 Å². The molecular formula is C19H20N2O3. The zero-order valence-electron chi connectivity index (χ0n) is 13.4. The van der Waals surface area contributed by atoms with E-state index in [9.17, 15) is 9.59 Å². The number of rotatable bonds is 4. The molecule has 5 heteroatoms. The van der Waals surface area contributed by atoms with Gasteiger partial charge in [0.25, 0.3) is 5.91 Å². The summed E-state index contributed by atoms with van der Waals surface area (Å²) in [5.41, 5.74) is 8.60. The Morgan fingerprint density at radius 2 is 1.67 bits per heavy atom. The summed E-state index contributed by atoms with van der Waals surface area (Å²) in [6, 6.07) is 15.2. The van der Waals surface area contributed by atoms with E-state index in [0.29, 0.717) is 31.9 Å². The molecule has 1 aliphatic heterocycles. The molecule has 1 aliphatic rings. The second-order valence-electron chi connectivity index (χ2n) is 5.79. The lowest BCUT2D eigenvalue weighted by atomic mass is 9.97. The van der Waals surface area contributed by atoms with Crippen molar-refractivity contribution in [1.29, 1.82) is 0 Å². The van der Waals surface area contributed by atoms with Crippen molar-refractivity contribution in [2.24, 2.45) is 5.73 Å². The van der Waals surface area contributed by atoms with E-state index in [1.54, 1.807) is 0 Å². The van der Waals surface area contributed by atoms with Gasteiger partial charge in [-0.15, -0.1) is 0 Å². The Labute approximate surface area is 141 Å². The quantitative estimate of drug-likeness (QED) is 0.933. The van der Waals surface area contributed by atoms with Crippen molar-refractivity contribution in [3.63, 3.8) is 0 Å². The largest absolute Gasteiger partial charge is 0.378 e. The van der Waals surface area contributed by atoms with E-state index in [0.717, 1.165) is 16.7 Å². The average molecular weight is 324 g/mol. The molecule has 1 fully saturated rings. The molecule has 5 nitrogen and oxygen atoms in total. The van der Waals surface area contributed by atoms with Crippen LogP contribution < -0.4 is 5.73 Å². The third kappa shape index (κ3) is 3.63. The lowest BCUT2D eigenvalue weighted by molar-refractivity contribution is -0.117. The summed E-state index contributed by atoms with van der Waals surface area (Å²) < 4.78 is 5.31. The monoisotopic (exact) mass is 324 g/mol. The van der Waals surface area contributed by atoms with E-state index in [-0.39, 0.29) is 18.2 Å². The molecule has 0 atom stereocenters. The van der Waals surface area contributed by atoms with Gasteiger partial charge in [0.05, 0.1) is 19.6 Å². The number of amides is 2. The fourth-order valence-electron chi connectivity index (χ4n) is 2.86. The predicted molar refractivity (Wildman–Crippen MR) is 91.5 cm³/mol. The van der Waals surface area contributed by atoms with Gasteiger partial charge < -0.3 is 15.4 Å². The van der Waals surface area contributed by atoms with E-state index in [1.165, 1.54) is 0 Å². The van der Waals surface area contributed by atoms with Crippen molar-refractivity contribution in [1.82, 2.24) is 4.90 Å². The molecule has 2 aromatic carbocycles. The van der Waals surface area contributed by atoms with Gasteiger partial charge in [-0.2, -0.15) is 0 Å². The SMILES string of the molecule is NC(=O)Cc1ccc(-c2ccccc2C(=O)N2CCOCC2)cc1. The highest BCUT2D eigenvalue weighted by atomic mass is 16.5. The summed E-state index contributed by atoms with van der Waals surface area (Å²) in [7, 11) is 0. The highest BCUT2D eigenvalue weighted by molar-refractivity contribution is 6.01. The summed E-state index contributed by atoms with van der Waals surface area (Å²) >= 11 is 0. The van der Waals surface area contributed by atoms with Crippen LogP contribution in [0.3, 0.4) is 0 Å². The van der Waals surface area contributed by atoms with Gasteiger partial charge in [0.1, 0.15) is 0 Å². The topological polar surface area (TPSA) is 72.6 Å². The smallest absolute Gasteiger partial charge is 0.254 e. The lowest BCUT2D eigenvalue weighted by Gasteiger charge is -2.27. The van der Waals surface area contributed by atoms with E-state index in [4.69, 9.17) is 10.5 Å². The number of morpholine rings is 1. The van der Waals surface area contributed by atoms with Crippen LogP contribution in [-0.2, 0) is 16.0 Å². The van der Waals surface area contributed by atoms with Crippen LogP contribution in [-0.4, -0.2) is 43.0 Å². The predicted octanol–water partition coefficient (Wildman–Crippen LogP) is 1.85. The third-order valence-corrected chi connectivity index (χ3v) is 4.10. The van der Waals surface area contributed by atoms with Gasteiger partial charge in [-0.3, -0.25) is 9.59 Å². The second kappa shape index (κ2) is 7.27. The number of hydrogen-bond acceptors (Lipinski definition) is 3. The van der Waals surface area contributed by atoms with Gasteiger partial charge in [-0.25, -0.2) is 0 Å². The van der Waals surface area contributed by atoms with Gasteiger partial charge in [0.15, 0.2) is 0 Å². The fraction of sp³-hybridized carbons (Fsp3) is 0.263. The number of ether oxygens (including phenoxy) is 1. The zero-order chi connectivity index (χ0) is 16.9. The van der Waals surface area contributed by atoms with Crippen LogP contribution in [0.5, 0.6) is 0 Å². The maximum atomic E-state index is 12.8. The molecule has 0 aliphatic carbocycles. The molecule has 0 saturated carbocycles. The number of benzene rings is 2. The standard InChI is InChI=1S/C19H20N2O3/c20-18(22)13-14-5-7-15(8-6-14)16-3-1-2-4-17(16)19(23)21-9-11-24-12-10-21/h1-8H,9-13H2,(H2,20,22). The van der Waals surface area contributed by atoms with Crippen LogP contribution >= 0.6 is 0 Å². The number of hydrogen-bond donors (Lipinski definition) is 1. The van der Waals surface area contributed by atoms with E-state index < -0.39 is 0 Å². The first kappa shape index (κ1) is 16.2. The van der Waals surface area contributed by atoms with E-state index in [1.807, 2.05) is 53.4 Å². The van der Waals surface area contributed by atoms with Crippen molar-refractivity contribution in [2.75, 3.05) is 26.3 Å². The van der Waals surface area contributed by atoms with Crippen molar-refractivity contribution in [3.05, 3.63) is 59.7 Å². The van der Waals surface area contributed by atoms with Crippen LogP contribution in [0, 0.1) is 0 Å². The number of carbonyl (C=O) groups is 2. The van der Waals surface area contributed by atoms with Crippen LogP contribution in [0.25, 0.3) is 11.1 Å². The number of nitrogens with two attached hydrogens (primary N) is 1. The summed E-state index contributed by atoms with van der Waals surface area (Å²) in [5.74, 6) is -0.333. The van der Waals surface area contributed by atoms with Gasteiger partial charge in [0, 0.05) is 18.7 Å². The second-order valence-corrected chi connectivity index (χ2v) is 5.79. The summed E-state index contributed by atoms with van der Waals surface area (Å²) in [6.07, 6.45) is 0.217. The summed E-state index contributed by atoms with van der Waals surface area (Å²) in [5, 5.41) is 0.